The predicted octanol–water partition coefficient (Wildman–Crippen LogP) is 5.66. The monoisotopic (exact) mass is 459 g/mol. The van der Waals surface area contributed by atoms with Crippen LogP contribution in [0.1, 0.15) is 27.2 Å². The maximum absolute atomic E-state index is 13.7. The van der Waals surface area contributed by atoms with E-state index in [4.69, 9.17) is 4.42 Å². The van der Waals surface area contributed by atoms with Gasteiger partial charge in [-0.1, -0.05) is 0 Å². The van der Waals surface area contributed by atoms with Gasteiger partial charge in [0.1, 0.15) is 12.1 Å². The summed E-state index contributed by atoms with van der Waals surface area (Å²) in [5.41, 5.74) is 0.171. The molecule has 6 nitrogen and oxygen atoms in total. The molecule has 0 saturated heterocycles. The van der Waals surface area contributed by atoms with Gasteiger partial charge in [-0.3, -0.25) is 9.59 Å². The zero-order valence-electron chi connectivity index (χ0n) is 17.1. The van der Waals surface area contributed by atoms with E-state index < -0.39 is 35.1 Å². The Morgan fingerprint density at radius 1 is 1.06 bits per heavy atom. The molecular formula is C23H17F4N3O3. The molecule has 0 saturated carbocycles. The Morgan fingerprint density at radius 3 is 2.55 bits per heavy atom. The van der Waals surface area contributed by atoms with Gasteiger partial charge < -0.3 is 20.0 Å². The van der Waals surface area contributed by atoms with Crippen LogP contribution in [-0.2, 0) is 17.4 Å². The fourth-order valence-corrected chi connectivity index (χ4v) is 3.50. The molecule has 0 unspecified atom stereocenters. The zero-order chi connectivity index (χ0) is 23.8. The van der Waals surface area contributed by atoms with Crippen molar-refractivity contribution in [3.05, 3.63) is 83.2 Å². The van der Waals surface area contributed by atoms with E-state index in [1.54, 1.807) is 6.92 Å². The second-order valence-corrected chi connectivity index (χ2v) is 7.37. The van der Waals surface area contributed by atoms with E-state index in [1.165, 1.54) is 36.6 Å². The molecule has 2 amide bonds. The van der Waals surface area contributed by atoms with E-state index in [0.29, 0.717) is 22.2 Å². The minimum absolute atomic E-state index is 0.102. The SMILES string of the molecule is Cc1[nH]c2ccc(F)cc2c1CC(=O)Nc1ccc(NC(=O)c2ccoc2)cc1C(F)(F)F. The van der Waals surface area contributed by atoms with Crippen molar-refractivity contribution in [1.29, 1.82) is 0 Å². The van der Waals surface area contributed by atoms with Crippen LogP contribution in [0, 0.1) is 12.7 Å². The summed E-state index contributed by atoms with van der Waals surface area (Å²) < 4.78 is 59.4. The van der Waals surface area contributed by atoms with Crippen molar-refractivity contribution in [2.24, 2.45) is 0 Å². The molecule has 33 heavy (non-hydrogen) atoms. The average Bonchev–Trinajstić information content (AvgIpc) is 3.37. The van der Waals surface area contributed by atoms with Gasteiger partial charge in [-0.15, -0.1) is 0 Å². The van der Waals surface area contributed by atoms with Crippen molar-refractivity contribution in [3.63, 3.8) is 0 Å². The average molecular weight is 459 g/mol. The van der Waals surface area contributed by atoms with Crippen LogP contribution in [0.2, 0.25) is 0 Å². The Balaban J connectivity index is 1.57. The fourth-order valence-electron chi connectivity index (χ4n) is 3.50. The minimum atomic E-state index is -4.79. The summed E-state index contributed by atoms with van der Waals surface area (Å²) in [5, 5.41) is 5.11. The highest BCUT2D eigenvalue weighted by Crippen LogP contribution is 2.37. The van der Waals surface area contributed by atoms with Crippen LogP contribution in [0.15, 0.2) is 59.4 Å². The lowest BCUT2D eigenvalue weighted by Crippen LogP contribution is -2.19. The Morgan fingerprint density at radius 2 is 1.85 bits per heavy atom. The number of fused-ring (bicyclic) bond motifs is 1. The van der Waals surface area contributed by atoms with Crippen LogP contribution in [0.4, 0.5) is 28.9 Å². The minimum Gasteiger partial charge on any atom is -0.472 e. The maximum Gasteiger partial charge on any atom is 0.418 e. The molecule has 0 spiro atoms. The molecule has 4 rings (SSSR count). The molecule has 2 heterocycles. The number of carbonyl (C=O) groups is 2. The van der Waals surface area contributed by atoms with Crippen molar-refractivity contribution in [1.82, 2.24) is 4.98 Å². The van der Waals surface area contributed by atoms with Gasteiger partial charge in [0.2, 0.25) is 5.91 Å². The lowest BCUT2D eigenvalue weighted by Gasteiger charge is -2.16. The number of aromatic amines is 1. The molecule has 3 N–H and O–H groups in total. The number of amides is 2. The van der Waals surface area contributed by atoms with Gasteiger partial charge in [0, 0.05) is 22.3 Å². The number of alkyl halides is 3. The number of benzene rings is 2. The molecule has 0 aliphatic rings. The summed E-state index contributed by atoms with van der Waals surface area (Å²) in [5.74, 6) is -1.84. The summed E-state index contributed by atoms with van der Waals surface area (Å²) in [4.78, 5) is 27.7. The number of carbonyl (C=O) groups excluding carboxylic acids is 2. The highest BCUT2D eigenvalue weighted by atomic mass is 19.4. The largest absolute Gasteiger partial charge is 0.472 e. The van der Waals surface area contributed by atoms with Crippen LogP contribution in [-0.4, -0.2) is 16.8 Å². The number of rotatable bonds is 5. The van der Waals surface area contributed by atoms with Crippen LogP contribution in [0.5, 0.6) is 0 Å². The summed E-state index contributed by atoms with van der Waals surface area (Å²) >= 11 is 0. The van der Waals surface area contributed by atoms with E-state index >= 15 is 0 Å². The predicted molar refractivity (Wildman–Crippen MR) is 113 cm³/mol. The topological polar surface area (TPSA) is 87.1 Å². The molecule has 0 radical (unpaired) electrons. The third-order valence-electron chi connectivity index (χ3n) is 5.06. The van der Waals surface area contributed by atoms with Crippen molar-refractivity contribution >= 4 is 34.1 Å². The van der Waals surface area contributed by atoms with Gasteiger partial charge in [0.25, 0.3) is 5.91 Å². The molecule has 2 aromatic heterocycles. The Kier molecular flexibility index (Phi) is 5.67. The van der Waals surface area contributed by atoms with Gasteiger partial charge >= 0.3 is 6.18 Å². The maximum atomic E-state index is 13.7. The molecule has 0 aliphatic heterocycles. The second-order valence-electron chi connectivity index (χ2n) is 7.37. The van der Waals surface area contributed by atoms with E-state index in [2.05, 4.69) is 15.6 Å². The number of aromatic nitrogens is 1. The number of halogens is 4. The van der Waals surface area contributed by atoms with Crippen molar-refractivity contribution < 1.29 is 31.6 Å². The fraction of sp³-hybridized carbons (Fsp3) is 0.130. The first-order valence-electron chi connectivity index (χ1n) is 9.73. The molecule has 0 atom stereocenters. The van der Waals surface area contributed by atoms with Crippen molar-refractivity contribution in [3.8, 4) is 0 Å². The van der Waals surface area contributed by atoms with Crippen LogP contribution in [0.3, 0.4) is 0 Å². The number of nitrogens with one attached hydrogen (secondary N) is 3. The summed E-state index contributed by atoms with van der Waals surface area (Å²) in [6.07, 6.45) is -2.63. The van der Waals surface area contributed by atoms with E-state index in [9.17, 15) is 27.2 Å². The smallest absolute Gasteiger partial charge is 0.418 e. The first-order chi connectivity index (χ1) is 15.6. The highest BCUT2D eigenvalue weighted by molar-refractivity contribution is 6.04. The molecule has 0 bridgehead atoms. The lowest BCUT2D eigenvalue weighted by molar-refractivity contribution is -0.136. The number of hydrogen-bond donors (Lipinski definition) is 3. The summed E-state index contributed by atoms with van der Waals surface area (Å²) in [7, 11) is 0. The van der Waals surface area contributed by atoms with Crippen molar-refractivity contribution in [2.75, 3.05) is 10.6 Å². The van der Waals surface area contributed by atoms with Gasteiger partial charge in [0.15, 0.2) is 0 Å². The lowest BCUT2D eigenvalue weighted by atomic mass is 10.1. The molecule has 2 aromatic carbocycles. The molecule has 0 fully saturated rings. The molecule has 170 valence electrons. The molecule has 4 aromatic rings. The Bertz CT molecular complexity index is 1340. The van der Waals surface area contributed by atoms with E-state index in [-0.39, 0.29) is 17.7 Å². The standard InChI is InChI=1S/C23H17F4N3O3/c1-12-16(17-8-14(24)2-4-19(17)28-12)10-21(31)30-20-5-3-15(9-18(20)23(25,26)27)29-22(32)13-6-7-33-11-13/h2-9,11,28H,10H2,1H3,(H,29,32)(H,30,31). The Hall–Kier alpha value is -4.08. The first kappa shape index (κ1) is 22.1. The van der Waals surface area contributed by atoms with E-state index in [0.717, 1.165) is 18.4 Å². The number of H-pyrrole nitrogens is 1. The molecular weight excluding hydrogens is 442 g/mol. The summed E-state index contributed by atoms with van der Waals surface area (Å²) in [6, 6.07) is 8.47. The number of furan rings is 1. The first-order valence-corrected chi connectivity index (χ1v) is 9.73. The van der Waals surface area contributed by atoms with Crippen LogP contribution < -0.4 is 10.6 Å². The Labute approximate surface area is 184 Å². The highest BCUT2D eigenvalue weighted by Gasteiger charge is 2.34. The van der Waals surface area contributed by atoms with Gasteiger partial charge in [-0.2, -0.15) is 13.2 Å². The third-order valence-corrected chi connectivity index (χ3v) is 5.06. The third kappa shape index (κ3) is 4.74. The van der Waals surface area contributed by atoms with E-state index in [1.807, 2.05) is 0 Å². The van der Waals surface area contributed by atoms with Gasteiger partial charge in [-0.25, -0.2) is 4.39 Å². The quantitative estimate of drug-likeness (QED) is 0.337. The number of anilines is 2. The normalized spacial score (nSPS) is 11.5. The zero-order valence-corrected chi connectivity index (χ0v) is 17.1. The van der Waals surface area contributed by atoms with Crippen LogP contribution in [0.25, 0.3) is 10.9 Å². The molecule has 10 heteroatoms. The summed E-state index contributed by atoms with van der Waals surface area (Å²) in [6.45, 7) is 1.69. The second kappa shape index (κ2) is 8.45. The molecule has 0 aliphatic carbocycles. The van der Waals surface area contributed by atoms with Gasteiger partial charge in [0.05, 0.1) is 29.5 Å². The number of hydrogen-bond acceptors (Lipinski definition) is 3. The van der Waals surface area contributed by atoms with Crippen LogP contribution >= 0.6 is 0 Å². The van der Waals surface area contributed by atoms with Gasteiger partial charge in [-0.05, 0) is 55.0 Å². The van der Waals surface area contributed by atoms with Crippen molar-refractivity contribution in [2.45, 2.75) is 19.5 Å². The number of aryl methyl sites for hydroxylation is 1.